The minimum Gasteiger partial charge on any atom is -0.379 e. The molecule has 0 N–H and O–H groups in total. The van der Waals surface area contributed by atoms with Gasteiger partial charge in [0, 0.05) is 37.6 Å². The fraction of sp³-hybridized carbons (Fsp3) is 0.400. The lowest BCUT2D eigenvalue weighted by Crippen LogP contribution is -2.40. The van der Waals surface area contributed by atoms with E-state index in [0.717, 1.165) is 52.2 Å². The molecule has 2 aliphatic rings. The number of benzene rings is 2. The maximum absolute atomic E-state index is 5.47. The highest BCUT2D eigenvalue weighted by molar-refractivity contribution is 5.71. The number of rotatable bonds is 3. The van der Waals surface area contributed by atoms with Gasteiger partial charge in [0.2, 0.25) is 0 Å². The molecule has 4 rings (SSSR count). The molecular weight excluding hydrogens is 284 g/mol. The van der Waals surface area contributed by atoms with Crippen LogP contribution in [0.5, 0.6) is 0 Å². The largest absolute Gasteiger partial charge is 0.379 e. The molecule has 0 aliphatic carbocycles. The Morgan fingerprint density at radius 3 is 1.91 bits per heavy atom. The quantitative estimate of drug-likeness (QED) is 0.865. The molecule has 0 unspecified atom stereocenters. The van der Waals surface area contributed by atoms with Gasteiger partial charge in [-0.1, -0.05) is 36.4 Å². The Kier molecular flexibility index (Phi) is 4.31. The molecule has 0 spiro atoms. The zero-order valence-corrected chi connectivity index (χ0v) is 13.6. The molecule has 1 fully saturated rings. The molecule has 0 saturated carbocycles. The van der Waals surface area contributed by atoms with Crippen LogP contribution in [0.25, 0.3) is 0 Å². The molecule has 23 heavy (non-hydrogen) atoms. The molecule has 0 atom stereocenters. The van der Waals surface area contributed by atoms with Gasteiger partial charge in [0.25, 0.3) is 0 Å². The maximum atomic E-state index is 5.47. The van der Waals surface area contributed by atoms with Crippen molar-refractivity contribution in [2.45, 2.75) is 12.8 Å². The second-order valence-corrected chi connectivity index (χ2v) is 6.36. The Morgan fingerprint density at radius 1 is 0.739 bits per heavy atom. The molecule has 0 aromatic heterocycles. The van der Waals surface area contributed by atoms with E-state index in [0.29, 0.717) is 0 Å². The van der Waals surface area contributed by atoms with Crippen LogP contribution in [0, 0.1) is 0 Å². The van der Waals surface area contributed by atoms with Crippen LogP contribution in [-0.2, 0) is 17.6 Å². The van der Waals surface area contributed by atoms with Crippen LogP contribution in [0.4, 0.5) is 11.4 Å². The zero-order valence-electron chi connectivity index (χ0n) is 13.6. The first-order chi connectivity index (χ1) is 11.4. The van der Waals surface area contributed by atoms with Gasteiger partial charge in [-0.2, -0.15) is 0 Å². The first-order valence-electron chi connectivity index (χ1n) is 8.65. The number of morpholine rings is 1. The number of hydrogen-bond acceptors (Lipinski definition) is 3. The summed E-state index contributed by atoms with van der Waals surface area (Å²) in [5.41, 5.74) is 5.69. The minimum absolute atomic E-state index is 0.868. The lowest BCUT2D eigenvalue weighted by molar-refractivity contribution is 0.0394. The average molecular weight is 308 g/mol. The summed E-state index contributed by atoms with van der Waals surface area (Å²) in [5.74, 6) is 0. The van der Waals surface area contributed by atoms with E-state index in [9.17, 15) is 0 Å². The van der Waals surface area contributed by atoms with Crippen molar-refractivity contribution in [1.82, 2.24) is 4.90 Å². The van der Waals surface area contributed by atoms with Crippen molar-refractivity contribution < 1.29 is 4.74 Å². The molecule has 120 valence electrons. The third-order valence-corrected chi connectivity index (χ3v) is 4.97. The molecule has 1 saturated heterocycles. The Morgan fingerprint density at radius 2 is 1.30 bits per heavy atom. The van der Waals surface area contributed by atoms with Gasteiger partial charge in [0.15, 0.2) is 0 Å². The summed E-state index contributed by atoms with van der Waals surface area (Å²) < 4.78 is 5.47. The molecule has 3 nitrogen and oxygen atoms in total. The van der Waals surface area contributed by atoms with Crippen molar-refractivity contribution in [3.63, 3.8) is 0 Å². The smallest absolute Gasteiger partial charge is 0.0594 e. The van der Waals surface area contributed by atoms with Gasteiger partial charge in [0.1, 0.15) is 0 Å². The summed E-state index contributed by atoms with van der Waals surface area (Å²) >= 11 is 0. The monoisotopic (exact) mass is 308 g/mol. The first-order valence-corrected chi connectivity index (χ1v) is 8.65. The van der Waals surface area contributed by atoms with Crippen molar-refractivity contribution in [3.05, 3.63) is 59.7 Å². The van der Waals surface area contributed by atoms with Crippen molar-refractivity contribution in [1.29, 1.82) is 0 Å². The number of fused-ring (bicyclic) bond motifs is 2. The molecule has 0 bridgehead atoms. The van der Waals surface area contributed by atoms with Crippen LogP contribution in [0.2, 0.25) is 0 Å². The number of para-hydroxylation sites is 2. The standard InChI is InChI=1S/C20H24N2O/c1-3-7-19-17(5-1)9-10-18-6-2-4-8-20(18)22(19)12-11-21-13-15-23-16-14-21/h1-8H,9-16H2. The summed E-state index contributed by atoms with van der Waals surface area (Å²) in [6.45, 7) is 5.97. The van der Waals surface area contributed by atoms with E-state index in [-0.39, 0.29) is 0 Å². The third kappa shape index (κ3) is 3.12. The molecule has 2 aromatic carbocycles. The summed E-state index contributed by atoms with van der Waals surface area (Å²) in [5, 5.41) is 0. The van der Waals surface area contributed by atoms with Crippen LogP contribution in [0.1, 0.15) is 11.1 Å². The topological polar surface area (TPSA) is 15.7 Å². The zero-order chi connectivity index (χ0) is 15.5. The normalized spacial score (nSPS) is 18.2. The summed E-state index contributed by atoms with van der Waals surface area (Å²) in [4.78, 5) is 5.03. The number of nitrogens with zero attached hydrogens (tertiary/aromatic N) is 2. The Hall–Kier alpha value is -1.84. The predicted octanol–water partition coefficient (Wildman–Crippen LogP) is 3.26. The van der Waals surface area contributed by atoms with Gasteiger partial charge in [-0.3, -0.25) is 4.90 Å². The van der Waals surface area contributed by atoms with Crippen molar-refractivity contribution in [2.24, 2.45) is 0 Å². The van der Waals surface area contributed by atoms with Gasteiger partial charge in [0.05, 0.1) is 13.2 Å². The molecule has 2 aliphatic heterocycles. The number of aryl methyl sites for hydroxylation is 2. The van der Waals surface area contributed by atoms with Crippen LogP contribution in [0.3, 0.4) is 0 Å². The predicted molar refractivity (Wildman–Crippen MR) is 94.6 cm³/mol. The van der Waals surface area contributed by atoms with E-state index >= 15 is 0 Å². The Labute approximate surface area is 138 Å². The lowest BCUT2D eigenvalue weighted by atomic mass is 10.0. The molecule has 2 heterocycles. The summed E-state index contributed by atoms with van der Waals surface area (Å²) in [7, 11) is 0. The van der Waals surface area contributed by atoms with Crippen molar-refractivity contribution in [2.75, 3.05) is 44.3 Å². The lowest BCUT2D eigenvalue weighted by Gasteiger charge is -2.32. The molecule has 0 amide bonds. The van der Waals surface area contributed by atoms with Crippen LogP contribution >= 0.6 is 0 Å². The molecule has 0 radical (unpaired) electrons. The van der Waals surface area contributed by atoms with E-state index < -0.39 is 0 Å². The van der Waals surface area contributed by atoms with E-state index in [1.54, 1.807) is 0 Å². The number of ether oxygens (including phenoxy) is 1. The fourth-order valence-corrected chi connectivity index (χ4v) is 3.68. The van der Waals surface area contributed by atoms with E-state index in [4.69, 9.17) is 4.74 Å². The molecular formula is C20H24N2O. The maximum Gasteiger partial charge on any atom is 0.0594 e. The highest BCUT2D eigenvalue weighted by Gasteiger charge is 2.21. The summed E-state index contributed by atoms with van der Waals surface area (Å²) in [6.07, 6.45) is 2.25. The number of hydrogen-bond donors (Lipinski definition) is 0. The SMILES string of the molecule is c1ccc2c(c1)CCc1ccccc1N2CCN1CCOCC1. The fourth-order valence-electron chi connectivity index (χ4n) is 3.68. The van der Waals surface area contributed by atoms with E-state index in [1.807, 2.05) is 0 Å². The highest BCUT2D eigenvalue weighted by atomic mass is 16.5. The Balaban J connectivity index is 1.63. The first kappa shape index (κ1) is 14.7. The molecule has 3 heteroatoms. The van der Waals surface area contributed by atoms with Crippen LogP contribution < -0.4 is 4.90 Å². The van der Waals surface area contributed by atoms with Crippen molar-refractivity contribution >= 4 is 11.4 Å². The summed E-state index contributed by atoms with van der Waals surface area (Å²) in [6, 6.07) is 17.8. The van der Waals surface area contributed by atoms with Gasteiger partial charge in [-0.25, -0.2) is 0 Å². The number of anilines is 2. The Bertz CT molecular complexity index is 617. The molecule has 2 aromatic rings. The third-order valence-electron chi connectivity index (χ3n) is 4.97. The van der Waals surface area contributed by atoms with Crippen LogP contribution in [0.15, 0.2) is 48.5 Å². The van der Waals surface area contributed by atoms with Gasteiger partial charge >= 0.3 is 0 Å². The highest BCUT2D eigenvalue weighted by Crippen LogP contribution is 2.35. The van der Waals surface area contributed by atoms with Crippen molar-refractivity contribution in [3.8, 4) is 0 Å². The minimum atomic E-state index is 0.868. The second kappa shape index (κ2) is 6.73. The van der Waals surface area contributed by atoms with Gasteiger partial charge < -0.3 is 9.64 Å². The van der Waals surface area contributed by atoms with E-state index in [1.165, 1.54) is 22.5 Å². The average Bonchev–Trinajstić information content (AvgIpc) is 2.78. The van der Waals surface area contributed by atoms with Gasteiger partial charge in [-0.15, -0.1) is 0 Å². The van der Waals surface area contributed by atoms with E-state index in [2.05, 4.69) is 58.3 Å². The van der Waals surface area contributed by atoms with Crippen LogP contribution in [-0.4, -0.2) is 44.3 Å². The second-order valence-electron chi connectivity index (χ2n) is 6.36. The van der Waals surface area contributed by atoms with Gasteiger partial charge in [-0.05, 0) is 36.1 Å².